The molecule has 0 amide bonds. The smallest absolute Gasteiger partial charge is 0.157 e. The average Bonchev–Trinajstić information content (AvgIpc) is 2.90. The van der Waals surface area contributed by atoms with Crippen molar-refractivity contribution in [2.75, 3.05) is 49.3 Å². The molecule has 0 spiro atoms. The lowest BCUT2D eigenvalue weighted by Crippen LogP contribution is -2.21. The van der Waals surface area contributed by atoms with Crippen LogP contribution < -0.4 is 16.0 Å². The first-order valence-electron chi connectivity index (χ1n) is 6.41. The number of ether oxygens (including phenoxy) is 1. The van der Waals surface area contributed by atoms with E-state index in [0.29, 0.717) is 5.69 Å². The summed E-state index contributed by atoms with van der Waals surface area (Å²) in [5.41, 5.74) is 6.77. The van der Waals surface area contributed by atoms with Gasteiger partial charge in [0.1, 0.15) is 12.0 Å². The predicted octanol–water partition coefficient (Wildman–Crippen LogP) is 1.11. The Morgan fingerprint density at radius 1 is 1.39 bits per heavy atom. The highest BCUT2D eigenvalue weighted by atomic mass is 16.5. The Morgan fingerprint density at radius 2 is 2.17 bits per heavy atom. The van der Waals surface area contributed by atoms with Gasteiger partial charge in [-0.05, 0) is 19.3 Å². The van der Waals surface area contributed by atoms with E-state index in [0.717, 1.165) is 44.3 Å². The highest BCUT2D eigenvalue weighted by Gasteiger charge is 2.18. The second kappa shape index (κ2) is 6.39. The van der Waals surface area contributed by atoms with Gasteiger partial charge in [-0.25, -0.2) is 9.97 Å². The van der Waals surface area contributed by atoms with Gasteiger partial charge in [0, 0.05) is 33.4 Å². The third-order valence-corrected chi connectivity index (χ3v) is 3.09. The number of rotatable bonds is 6. The summed E-state index contributed by atoms with van der Waals surface area (Å²) in [6, 6.07) is 0. The predicted molar refractivity (Wildman–Crippen MR) is 72.9 cm³/mol. The number of aromatic nitrogens is 2. The lowest BCUT2D eigenvalue weighted by atomic mass is 10.3. The Morgan fingerprint density at radius 3 is 2.89 bits per heavy atom. The van der Waals surface area contributed by atoms with Crippen LogP contribution >= 0.6 is 0 Å². The minimum atomic E-state index is 0.650. The fourth-order valence-corrected chi connectivity index (χ4v) is 2.13. The fourth-order valence-electron chi connectivity index (χ4n) is 2.13. The van der Waals surface area contributed by atoms with E-state index in [4.69, 9.17) is 10.5 Å². The molecule has 1 aliphatic rings. The van der Waals surface area contributed by atoms with Gasteiger partial charge >= 0.3 is 0 Å². The summed E-state index contributed by atoms with van der Waals surface area (Å²) >= 11 is 0. The molecule has 0 aromatic carbocycles. The zero-order chi connectivity index (χ0) is 12.8. The molecule has 2 heterocycles. The van der Waals surface area contributed by atoms with Gasteiger partial charge in [-0.1, -0.05) is 0 Å². The molecule has 1 aromatic rings. The summed E-state index contributed by atoms with van der Waals surface area (Å²) in [6.07, 6.45) is 4.92. The van der Waals surface area contributed by atoms with Crippen LogP contribution in [0.25, 0.3) is 0 Å². The number of anilines is 3. The molecule has 1 aliphatic heterocycles. The third-order valence-electron chi connectivity index (χ3n) is 3.09. The fraction of sp³-hybridized carbons (Fsp3) is 0.667. The first-order chi connectivity index (χ1) is 8.83. The molecule has 0 radical (unpaired) electrons. The molecule has 1 aromatic heterocycles. The third kappa shape index (κ3) is 3.01. The van der Waals surface area contributed by atoms with E-state index in [1.54, 1.807) is 13.4 Å². The van der Waals surface area contributed by atoms with Crippen molar-refractivity contribution in [1.82, 2.24) is 9.97 Å². The molecule has 0 aliphatic carbocycles. The van der Waals surface area contributed by atoms with Crippen LogP contribution in [0.15, 0.2) is 6.33 Å². The lowest BCUT2D eigenvalue weighted by Gasteiger charge is -2.19. The second-order valence-electron chi connectivity index (χ2n) is 4.43. The maximum absolute atomic E-state index is 6.12. The van der Waals surface area contributed by atoms with E-state index in [1.165, 1.54) is 12.8 Å². The molecule has 2 rings (SSSR count). The summed E-state index contributed by atoms with van der Waals surface area (Å²) in [5, 5.41) is 3.23. The summed E-state index contributed by atoms with van der Waals surface area (Å²) in [7, 11) is 1.70. The van der Waals surface area contributed by atoms with Crippen LogP contribution in [0, 0.1) is 0 Å². The van der Waals surface area contributed by atoms with Crippen LogP contribution in [-0.4, -0.2) is 43.3 Å². The lowest BCUT2D eigenvalue weighted by molar-refractivity contribution is 0.198. The van der Waals surface area contributed by atoms with Gasteiger partial charge < -0.3 is 20.7 Å². The number of nitrogens with zero attached hydrogens (tertiary/aromatic N) is 3. The number of methoxy groups -OCH3 is 1. The molecule has 3 N–H and O–H groups in total. The molecule has 6 heteroatoms. The number of nitrogens with two attached hydrogens (primary N) is 1. The van der Waals surface area contributed by atoms with Crippen molar-refractivity contribution in [2.45, 2.75) is 19.3 Å². The Kier molecular flexibility index (Phi) is 4.58. The van der Waals surface area contributed by atoms with Gasteiger partial charge in [-0.3, -0.25) is 0 Å². The first-order valence-corrected chi connectivity index (χ1v) is 6.41. The highest BCUT2D eigenvalue weighted by Crippen LogP contribution is 2.28. The van der Waals surface area contributed by atoms with Crippen LogP contribution in [-0.2, 0) is 4.74 Å². The average molecular weight is 251 g/mol. The molecule has 0 saturated carbocycles. The highest BCUT2D eigenvalue weighted by molar-refractivity contribution is 5.75. The van der Waals surface area contributed by atoms with Gasteiger partial charge in [0.15, 0.2) is 11.6 Å². The van der Waals surface area contributed by atoms with E-state index >= 15 is 0 Å². The largest absolute Gasteiger partial charge is 0.393 e. The van der Waals surface area contributed by atoms with Crippen LogP contribution in [0.3, 0.4) is 0 Å². The Balaban J connectivity index is 2.00. The van der Waals surface area contributed by atoms with Crippen LogP contribution in [0.4, 0.5) is 17.3 Å². The van der Waals surface area contributed by atoms with Crippen molar-refractivity contribution < 1.29 is 4.74 Å². The summed E-state index contributed by atoms with van der Waals surface area (Å²) < 4.78 is 5.00. The topological polar surface area (TPSA) is 76.3 Å². The van der Waals surface area contributed by atoms with Crippen molar-refractivity contribution in [3.05, 3.63) is 6.33 Å². The second-order valence-corrected chi connectivity index (χ2v) is 4.43. The molecule has 100 valence electrons. The first kappa shape index (κ1) is 12.9. The molecule has 1 fully saturated rings. The zero-order valence-corrected chi connectivity index (χ0v) is 10.9. The molecule has 18 heavy (non-hydrogen) atoms. The monoisotopic (exact) mass is 251 g/mol. The molecule has 0 unspecified atom stereocenters. The van der Waals surface area contributed by atoms with E-state index < -0.39 is 0 Å². The van der Waals surface area contributed by atoms with E-state index in [1.807, 2.05) is 0 Å². The normalized spacial score (nSPS) is 15.1. The van der Waals surface area contributed by atoms with Gasteiger partial charge in [0.2, 0.25) is 0 Å². The van der Waals surface area contributed by atoms with Crippen molar-refractivity contribution >= 4 is 17.3 Å². The van der Waals surface area contributed by atoms with Crippen molar-refractivity contribution in [2.24, 2.45) is 0 Å². The van der Waals surface area contributed by atoms with Crippen molar-refractivity contribution in [3.63, 3.8) is 0 Å². The molecular formula is C12H21N5O. The van der Waals surface area contributed by atoms with E-state index in [2.05, 4.69) is 20.2 Å². The SMILES string of the molecule is COCCCNc1ncnc(N2CCCC2)c1N. The Bertz CT molecular complexity index is 379. The molecular weight excluding hydrogens is 230 g/mol. The van der Waals surface area contributed by atoms with Crippen LogP contribution in [0.2, 0.25) is 0 Å². The summed E-state index contributed by atoms with van der Waals surface area (Å²) in [5.74, 6) is 1.58. The summed E-state index contributed by atoms with van der Waals surface area (Å²) in [6.45, 7) is 3.60. The molecule has 0 bridgehead atoms. The Hall–Kier alpha value is -1.56. The van der Waals surface area contributed by atoms with Gasteiger partial charge in [0.05, 0.1) is 0 Å². The van der Waals surface area contributed by atoms with E-state index in [-0.39, 0.29) is 0 Å². The Labute approximate surface area is 108 Å². The van der Waals surface area contributed by atoms with Gasteiger partial charge in [0.25, 0.3) is 0 Å². The van der Waals surface area contributed by atoms with Gasteiger partial charge in [-0.2, -0.15) is 0 Å². The minimum Gasteiger partial charge on any atom is -0.393 e. The maximum Gasteiger partial charge on any atom is 0.157 e. The molecule has 6 nitrogen and oxygen atoms in total. The van der Waals surface area contributed by atoms with E-state index in [9.17, 15) is 0 Å². The number of nitrogen functional groups attached to an aromatic ring is 1. The number of hydrogen-bond acceptors (Lipinski definition) is 6. The molecule has 1 saturated heterocycles. The van der Waals surface area contributed by atoms with Crippen molar-refractivity contribution in [3.8, 4) is 0 Å². The maximum atomic E-state index is 6.12. The molecule has 0 atom stereocenters. The quantitative estimate of drug-likeness (QED) is 0.738. The van der Waals surface area contributed by atoms with Crippen LogP contribution in [0.5, 0.6) is 0 Å². The zero-order valence-electron chi connectivity index (χ0n) is 10.9. The summed E-state index contributed by atoms with van der Waals surface area (Å²) in [4.78, 5) is 10.7. The number of hydrogen-bond donors (Lipinski definition) is 2. The van der Waals surface area contributed by atoms with Crippen molar-refractivity contribution in [1.29, 1.82) is 0 Å². The standard InChI is InChI=1S/C12H21N5O/c1-18-8-4-5-14-11-10(13)12(16-9-15-11)17-6-2-3-7-17/h9H,2-8,13H2,1H3,(H,14,15,16). The minimum absolute atomic E-state index is 0.650. The van der Waals surface area contributed by atoms with Crippen LogP contribution in [0.1, 0.15) is 19.3 Å². The number of nitrogens with one attached hydrogen (secondary N) is 1. The van der Waals surface area contributed by atoms with Gasteiger partial charge in [-0.15, -0.1) is 0 Å².